The Morgan fingerprint density at radius 3 is 2.40 bits per heavy atom. The van der Waals surface area contributed by atoms with E-state index in [0.29, 0.717) is 18.3 Å². The second-order valence-electron chi connectivity index (χ2n) is 5.93. The number of rotatable bonds is 5. The van der Waals surface area contributed by atoms with E-state index in [-0.39, 0.29) is 5.97 Å². The molecule has 0 heterocycles. The Morgan fingerprint density at radius 2 is 1.85 bits per heavy atom. The third kappa shape index (κ3) is 3.83. The summed E-state index contributed by atoms with van der Waals surface area (Å²) in [6.07, 6.45) is 0.639. The van der Waals surface area contributed by atoms with E-state index in [2.05, 4.69) is 46.8 Å². The highest BCUT2D eigenvalue weighted by atomic mass is 16.5. The van der Waals surface area contributed by atoms with Crippen LogP contribution in [0.3, 0.4) is 0 Å². The minimum atomic E-state index is -0.538. The molecule has 0 aromatic heterocycles. The molecule has 0 aliphatic rings. The lowest BCUT2D eigenvalue weighted by Crippen LogP contribution is -2.34. The maximum Gasteiger partial charge on any atom is 0.322 e. The van der Waals surface area contributed by atoms with Gasteiger partial charge in [0.05, 0.1) is 7.11 Å². The highest BCUT2D eigenvalue weighted by molar-refractivity contribution is 5.75. The highest BCUT2D eigenvalue weighted by Crippen LogP contribution is 2.31. The summed E-state index contributed by atoms with van der Waals surface area (Å²) in [5.74, 6) is 0.356. The maximum absolute atomic E-state index is 11.4. The van der Waals surface area contributed by atoms with Crippen molar-refractivity contribution in [3.63, 3.8) is 0 Å². The molecular formula is C17H27NO2. The second-order valence-corrected chi connectivity index (χ2v) is 5.93. The first-order valence-corrected chi connectivity index (χ1v) is 7.19. The van der Waals surface area contributed by atoms with Crippen LogP contribution >= 0.6 is 0 Å². The molecule has 3 nitrogen and oxygen atoms in total. The normalized spacial score (nSPS) is 15.6. The van der Waals surface area contributed by atoms with Gasteiger partial charge in [-0.2, -0.15) is 0 Å². The largest absolute Gasteiger partial charge is 0.468 e. The van der Waals surface area contributed by atoms with Crippen LogP contribution in [-0.4, -0.2) is 19.1 Å². The molecule has 3 unspecified atom stereocenters. The van der Waals surface area contributed by atoms with Crippen LogP contribution in [0, 0.1) is 26.7 Å². The summed E-state index contributed by atoms with van der Waals surface area (Å²) in [6, 6.07) is 3.91. The molecule has 0 amide bonds. The molecule has 3 atom stereocenters. The number of ether oxygens (including phenoxy) is 1. The van der Waals surface area contributed by atoms with E-state index in [0.717, 1.165) is 0 Å². The number of methoxy groups -OCH3 is 1. The monoisotopic (exact) mass is 277 g/mol. The minimum Gasteiger partial charge on any atom is -0.468 e. The average Bonchev–Trinajstić information content (AvgIpc) is 2.40. The molecule has 3 heteroatoms. The first-order valence-electron chi connectivity index (χ1n) is 7.19. The van der Waals surface area contributed by atoms with Gasteiger partial charge in [-0.05, 0) is 55.7 Å². The summed E-state index contributed by atoms with van der Waals surface area (Å²) in [4.78, 5) is 11.4. The number of aryl methyl sites for hydroxylation is 2. The van der Waals surface area contributed by atoms with Gasteiger partial charge in [0.2, 0.25) is 0 Å². The summed E-state index contributed by atoms with van der Waals surface area (Å²) in [5, 5.41) is 0. The fourth-order valence-corrected chi connectivity index (χ4v) is 2.70. The summed E-state index contributed by atoms with van der Waals surface area (Å²) >= 11 is 0. The van der Waals surface area contributed by atoms with Crippen LogP contribution in [-0.2, 0) is 9.53 Å². The van der Waals surface area contributed by atoms with Gasteiger partial charge in [-0.15, -0.1) is 0 Å². The third-order valence-electron chi connectivity index (χ3n) is 4.33. The van der Waals surface area contributed by atoms with E-state index in [9.17, 15) is 4.79 Å². The lowest BCUT2D eigenvalue weighted by Gasteiger charge is -2.25. The second kappa shape index (κ2) is 6.89. The molecule has 20 heavy (non-hydrogen) atoms. The SMILES string of the molecule is COC(=O)C(N)CC(C)C(C)c1cc(C)cc(C)c1C. The first kappa shape index (κ1) is 16.7. The minimum absolute atomic E-state index is 0.323. The van der Waals surface area contributed by atoms with Gasteiger partial charge < -0.3 is 10.5 Å². The van der Waals surface area contributed by atoms with Crippen molar-refractivity contribution >= 4 is 5.97 Å². The standard InChI is InChI=1S/C17H27NO2/c1-10-7-11(2)13(4)15(8-10)14(5)12(3)9-16(18)17(19)20-6/h7-8,12,14,16H,9,18H2,1-6H3. The predicted molar refractivity (Wildman–Crippen MR) is 82.8 cm³/mol. The maximum atomic E-state index is 11.4. The van der Waals surface area contributed by atoms with E-state index in [1.807, 2.05) is 0 Å². The van der Waals surface area contributed by atoms with Crippen molar-refractivity contribution in [3.05, 3.63) is 34.4 Å². The Morgan fingerprint density at radius 1 is 1.25 bits per heavy atom. The average molecular weight is 277 g/mol. The van der Waals surface area contributed by atoms with Crippen LogP contribution in [0.1, 0.15) is 48.4 Å². The van der Waals surface area contributed by atoms with Crippen molar-refractivity contribution in [3.8, 4) is 0 Å². The van der Waals surface area contributed by atoms with Gasteiger partial charge in [-0.1, -0.05) is 31.5 Å². The Kier molecular flexibility index (Phi) is 5.75. The quantitative estimate of drug-likeness (QED) is 0.841. The molecule has 0 spiro atoms. The van der Waals surface area contributed by atoms with Crippen LogP contribution in [0.2, 0.25) is 0 Å². The van der Waals surface area contributed by atoms with E-state index >= 15 is 0 Å². The number of esters is 1. The molecular weight excluding hydrogens is 250 g/mol. The molecule has 0 aliphatic heterocycles. The molecule has 0 bridgehead atoms. The lowest BCUT2D eigenvalue weighted by atomic mass is 9.81. The van der Waals surface area contributed by atoms with E-state index in [1.54, 1.807) is 0 Å². The summed E-state index contributed by atoms with van der Waals surface area (Å²) in [6.45, 7) is 10.8. The van der Waals surface area contributed by atoms with E-state index < -0.39 is 6.04 Å². The number of hydrogen-bond acceptors (Lipinski definition) is 3. The molecule has 0 aliphatic carbocycles. The molecule has 112 valence electrons. The topological polar surface area (TPSA) is 52.3 Å². The smallest absolute Gasteiger partial charge is 0.322 e. The summed E-state index contributed by atoms with van der Waals surface area (Å²) in [7, 11) is 1.38. The molecule has 1 aromatic rings. The van der Waals surface area contributed by atoms with Crippen molar-refractivity contribution in [1.29, 1.82) is 0 Å². The van der Waals surface area contributed by atoms with Crippen LogP contribution in [0.25, 0.3) is 0 Å². The number of benzene rings is 1. The summed E-state index contributed by atoms with van der Waals surface area (Å²) < 4.78 is 4.70. The van der Waals surface area contributed by atoms with Gasteiger partial charge in [0, 0.05) is 0 Å². The fraction of sp³-hybridized carbons (Fsp3) is 0.588. The number of hydrogen-bond donors (Lipinski definition) is 1. The fourth-order valence-electron chi connectivity index (χ4n) is 2.70. The molecule has 0 saturated carbocycles. The Hall–Kier alpha value is -1.35. The van der Waals surface area contributed by atoms with Gasteiger partial charge in [-0.3, -0.25) is 4.79 Å². The van der Waals surface area contributed by atoms with Crippen LogP contribution in [0.4, 0.5) is 0 Å². The zero-order valence-corrected chi connectivity index (χ0v) is 13.5. The number of carbonyl (C=O) groups excluding carboxylic acids is 1. The number of nitrogens with two attached hydrogens (primary N) is 1. The van der Waals surface area contributed by atoms with Crippen molar-refractivity contribution in [2.75, 3.05) is 7.11 Å². The van der Waals surface area contributed by atoms with Crippen molar-refractivity contribution in [2.45, 2.75) is 53.0 Å². The molecule has 0 saturated heterocycles. The van der Waals surface area contributed by atoms with Crippen molar-refractivity contribution in [2.24, 2.45) is 11.7 Å². The molecule has 0 fully saturated rings. The number of carbonyl (C=O) groups is 1. The van der Waals surface area contributed by atoms with Crippen LogP contribution in [0.5, 0.6) is 0 Å². The van der Waals surface area contributed by atoms with Gasteiger partial charge >= 0.3 is 5.97 Å². The third-order valence-corrected chi connectivity index (χ3v) is 4.33. The molecule has 1 aromatic carbocycles. The predicted octanol–water partition coefficient (Wildman–Crippen LogP) is 3.24. The van der Waals surface area contributed by atoms with Gasteiger partial charge in [0.15, 0.2) is 0 Å². The first-order chi connectivity index (χ1) is 9.27. The van der Waals surface area contributed by atoms with Gasteiger partial charge in [-0.25, -0.2) is 0 Å². The Bertz CT molecular complexity index is 482. The van der Waals surface area contributed by atoms with E-state index in [1.165, 1.54) is 29.4 Å². The Balaban J connectivity index is 2.89. The molecule has 0 radical (unpaired) electrons. The highest BCUT2D eigenvalue weighted by Gasteiger charge is 2.23. The van der Waals surface area contributed by atoms with E-state index in [4.69, 9.17) is 10.5 Å². The van der Waals surface area contributed by atoms with Crippen LogP contribution < -0.4 is 5.73 Å². The van der Waals surface area contributed by atoms with Gasteiger partial charge in [0.1, 0.15) is 6.04 Å². The Labute approximate surface area is 122 Å². The molecule has 2 N–H and O–H groups in total. The van der Waals surface area contributed by atoms with Crippen LogP contribution in [0.15, 0.2) is 12.1 Å². The molecule has 1 rings (SSSR count). The van der Waals surface area contributed by atoms with Crippen molar-refractivity contribution in [1.82, 2.24) is 0 Å². The van der Waals surface area contributed by atoms with Gasteiger partial charge in [0.25, 0.3) is 0 Å². The summed E-state index contributed by atoms with van der Waals surface area (Å²) in [5.41, 5.74) is 11.1. The lowest BCUT2D eigenvalue weighted by molar-refractivity contribution is -0.142. The zero-order valence-electron chi connectivity index (χ0n) is 13.5. The zero-order chi connectivity index (χ0) is 15.4. The van der Waals surface area contributed by atoms with Crippen molar-refractivity contribution < 1.29 is 9.53 Å².